The fraction of sp³-hybridized carbons (Fsp3) is 0.286. The van der Waals surface area contributed by atoms with Crippen LogP contribution in [-0.4, -0.2) is 32.5 Å². The molecule has 0 aliphatic heterocycles. The minimum Gasteiger partial charge on any atom is -0.315 e. The van der Waals surface area contributed by atoms with E-state index in [9.17, 15) is 12.8 Å². The van der Waals surface area contributed by atoms with E-state index >= 15 is 0 Å². The third-order valence-corrected chi connectivity index (χ3v) is 6.14. The molecular weight excluding hydrogens is 377 g/mol. The number of nitrogens with one attached hydrogen (secondary N) is 2. The van der Waals surface area contributed by atoms with Gasteiger partial charge in [-0.15, -0.1) is 0 Å². The second kappa shape index (κ2) is 8.77. The van der Waals surface area contributed by atoms with Crippen LogP contribution in [0.25, 0.3) is 10.8 Å². The van der Waals surface area contributed by atoms with Crippen LogP contribution in [0.4, 0.5) is 4.39 Å². The molecule has 0 amide bonds. The van der Waals surface area contributed by atoms with E-state index in [1.807, 2.05) is 13.8 Å². The highest BCUT2D eigenvalue weighted by Gasteiger charge is 2.18. The first-order valence-electron chi connectivity index (χ1n) is 9.17. The molecule has 1 heterocycles. The van der Waals surface area contributed by atoms with Gasteiger partial charge in [0.05, 0.1) is 4.90 Å². The Morgan fingerprint density at radius 1 is 1.11 bits per heavy atom. The first-order chi connectivity index (χ1) is 13.3. The minimum atomic E-state index is -3.61. The summed E-state index contributed by atoms with van der Waals surface area (Å²) in [5, 5.41) is 5.02. The molecule has 2 aromatic carbocycles. The standard InChI is InChI=1S/C21H24FN3O2S/c1-15-12-24-14-18-5-8-20(11-21(15)18)28(26,27)25-16(2)13-23-10-9-17-3-6-19(22)7-4-17/h3-8,11-12,14,16,23,25H,9-10,13H2,1-2H3. The molecule has 148 valence electrons. The van der Waals surface area contributed by atoms with Crippen LogP contribution < -0.4 is 10.0 Å². The van der Waals surface area contributed by atoms with E-state index in [2.05, 4.69) is 15.0 Å². The molecule has 2 N–H and O–H groups in total. The van der Waals surface area contributed by atoms with Crippen molar-refractivity contribution in [1.29, 1.82) is 0 Å². The van der Waals surface area contributed by atoms with Crippen LogP contribution in [0.2, 0.25) is 0 Å². The maximum Gasteiger partial charge on any atom is 0.240 e. The zero-order chi connectivity index (χ0) is 20.1. The second-order valence-electron chi connectivity index (χ2n) is 6.94. The number of hydrogen-bond donors (Lipinski definition) is 2. The van der Waals surface area contributed by atoms with Gasteiger partial charge in [0.25, 0.3) is 0 Å². The van der Waals surface area contributed by atoms with Gasteiger partial charge in [-0.05, 0) is 67.6 Å². The Bertz CT molecular complexity index is 1050. The van der Waals surface area contributed by atoms with Gasteiger partial charge in [-0.25, -0.2) is 17.5 Å². The Balaban J connectivity index is 1.56. The van der Waals surface area contributed by atoms with Crippen LogP contribution in [0, 0.1) is 12.7 Å². The number of pyridine rings is 1. The summed E-state index contributed by atoms with van der Waals surface area (Å²) in [5.74, 6) is -0.250. The molecule has 0 aliphatic rings. The first kappa shape index (κ1) is 20.4. The summed E-state index contributed by atoms with van der Waals surface area (Å²) in [5.41, 5.74) is 1.97. The highest BCUT2D eigenvalue weighted by atomic mass is 32.2. The smallest absolute Gasteiger partial charge is 0.240 e. The van der Waals surface area contributed by atoms with Crippen molar-refractivity contribution in [3.63, 3.8) is 0 Å². The number of aryl methyl sites for hydroxylation is 1. The summed E-state index contributed by atoms with van der Waals surface area (Å²) >= 11 is 0. The van der Waals surface area contributed by atoms with Crippen molar-refractivity contribution in [1.82, 2.24) is 15.0 Å². The molecule has 3 rings (SSSR count). The van der Waals surface area contributed by atoms with Crippen molar-refractivity contribution >= 4 is 20.8 Å². The van der Waals surface area contributed by atoms with Crippen LogP contribution in [-0.2, 0) is 16.4 Å². The molecule has 0 radical (unpaired) electrons. The van der Waals surface area contributed by atoms with E-state index in [1.165, 1.54) is 12.1 Å². The van der Waals surface area contributed by atoms with Gasteiger partial charge in [0.15, 0.2) is 0 Å². The molecule has 0 saturated heterocycles. The Hall–Kier alpha value is -2.35. The number of nitrogens with zero attached hydrogens (tertiary/aromatic N) is 1. The average Bonchev–Trinajstić information content (AvgIpc) is 2.66. The number of aromatic nitrogens is 1. The van der Waals surface area contributed by atoms with Crippen molar-refractivity contribution in [3.05, 3.63) is 71.8 Å². The lowest BCUT2D eigenvalue weighted by Crippen LogP contribution is -2.40. The molecule has 0 fully saturated rings. The highest BCUT2D eigenvalue weighted by molar-refractivity contribution is 7.89. The SMILES string of the molecule is Cc1cncc2ccc(S(=O)(=O)NC(C)CNCCc3ccc(F)cc3)cc12. The van der Waals surface area contributed by atoms with Gasteiger partial charge in [0.2, 0.25) is 10.0 Å². The van der Waals surface area contributed by atoms with Crippen molar-refractivity contribution in [2.45, 2.75) is 31.2 Å². The van der Waals surface area contributed by atoms with Gasteiger partial charge in [-0.2, -0.15) is 0 Å². The van der Waals surface area contributed by atoms with Gasteiger partial charge in [0, 0.05) is 30.4 Å². The number of hydrogen-bond acceptors (Lipinski definition) is 4. The van der Waals surface area contributed by atoms with Gasteiger partial charge < -0.3 is 5.32 Å². The quantitative estimate of drug-likeness (QED) is 0.569. The molecule has 0 saturated carbocycles. The minimum absolute atomic E-state index is 0.243. The molecule has 7 heteroatoms. The van der Waals surface area contributed by atoms with Gasteiger partial charge in [-0.1, -0.05) is 18.2 Å². The van der Waals surface area contributed by atoms with Gasteiger partial charge in [0.1, 0.15) is 5.82 Å². The number of sulfonamides is 1. The normalized spacial score (nSPS) is 13.0. The Morgan fingerprint density at radius 2 is 1.86 bits per heavy atom. The largest absolute Gasteiger partial charge is 0.315 e. The maximum atomic E-state index is 12.9. The summed E-state index contributed by atoms with van der Waals surface area (Å²) in [6.45, 7) is 4.91. The van der Waals surface area contributed by atoms with Crippen LogP contribution >= 0.6 is 0 Å². The molecule has 28 heavy (non-hydrogen) atoms. The molecular formula is C21H24FN3O2S. The second-order valence-corrected chi connectivity index (χ2v) is 8.66. The van der Waals surface area contributed by atoms with Crippen molar-refractivity contribution in [3.8, 4) is 0 Å². The summed E-state index contributed by atoms with van der Waals surface area (Å²) in [4.78, 5) is 4.37. The lowest BCUT2D eigenvalue weighted by Gasteiger charge is -2.15. The van der Waals surface area contributed by atoms with Crippen LogP contribution in [0.15, 0.2) is 59.8 Å². The summed E-state index contributed by atoms with van der Waals surface area (Å²) in [6, 6.07) is 11.2. The predicted molar refractivity (Wildman–Crippen MR) is 109 cm³/mol. The predicted octanol–water partition coefficient (Wildman–Crippen LogP) is 3.18. The molecule has 1 aromatic heterocycles. The van der Waals surface area contributed by atoms with E-state index in [4.69, 9.17) is 0 Å². The average molecular weight is 402 g/mol. The van der Waals surface area contributed by atoms with E-state index in [0.717, 1.165) is 28.3 Å². The Morgan fingerprint density at radius 3 is 2.61 bits per heavy atom. The summed E-state index contributed by atoms with van der Waals surface area (Å²) in [6.07, 6.45) is 4.19. The molecule has 0 bridgehead atoms. The monoisotopic (exact) mass is 401 g/mol. The number of halogens is 1. The number of benzene rings is 2. The van der Waals surface area contributed by atoms with Gasteiger partial charge >= 0.3 is 0 Å². The van der Waals surface area contributed by atoms with Crippen molar-refractivity contribution in [2.24, 2.45) is 0 Å². The molecule has 0 spiro atoms. The lowest BCUT2D eigenvalue weighted by molar-refractivity contribution is 0.537. The maximum absolute atomic E-state index is 12.9. The fourth-order valence-corrected chi connectivity index (χ4v) is 4.30. The lowest BCUT2D eigenvalue weighted by atomic mass is 10.1. The molecule has 1 unspecified atom stereocenters. The van der Waals surface area contributed by atoms with E-state index in [-0.39, 0.29) is 16.8 Å². The molecule has 0 aliphatic carbocycles. The molecule has 3 aromatic rings. The summed E-state index contributed by atoms with van der Waals surface area (Å²) in [7, 11) is -3.61. The third-order valence-electron chi connectivity index (χ3n) is 4.55. The zero-order valence-electron chi connectivity index (χ0n) is 15.9. The Labute approximate surface area is 165 Å². The summed E-state index contributed by atoms with van der Waals surface area (Å²) < 4.78 is 41.0. The number of rotatable bonds is 8. The van der Waals surface area contributed by atoms with E-state index in [0.29, 0.717) is 13.1 Å². The van der Waals surface area contributed by atoms with E-state index < -0.39 is 10.0 Å². The Kier molecular flexibility index (Phi) is 6.39. The topological polar surface area (TPSA) is 71.1 Å². The third kappa shape index (κ3) is 5.13. The fourth-order valence-electron chi connectivity index (χ4n) is 3.03. The van der Waals surface area contributed by atoms with E-state index in [1.54, 1.807) is 42.7 Å². The number of fused-ring (bicyclic) bond motifs is 1. The van der Waals surface area contributed by atoms with Crippen molar-refractivity contribution < 1.29 is 12.8 Å². The molecule has 5 nitrogen and oxygen atoms in total. The van der Waals surface area contributed by atoms with Crippen LogP contribution in [0.1, 0.15) is 18.1 Å². The zero-order valence-corrected chi connectivity index (χ0v) is 16.8. The van der Waals surface area contributed by atoms with Crippen LogP contribution in [0.3, 0.4) is 0 Å². The highest BCUT2D eigenvalue weighted by Crippen LogP contribution is 2.21. The molecule has 1 atom stereocenters. The van der Waals surface area contributed by atoms with Gasteiger partial charge in [-0.3, -0.25) is 4.98 Å². The van der Waals surface area contributed by atoms with Crippen LogP contribution in [0.5, 0.6) is 0 Å². The van der Waals surface area contributed by atoms with Crippen molar-refractivity contribution in [2.75, 3.05) is 13.1 Å². The first-order valence-corrected chi connectivity index (χ1v) is 10.7.